The van der Waals surface area contributed by atoms with E-state index in [2.05, 4.69) is 10.3 Å². The molecular weight excluding hydrogens is 471 g/mol. The Morgan fingerprint density at radius 2 is 1.53 bits per heavy atom. The highest BCUT2D eigenvalue weighted by Crippen LogP contribution is 2.43. The minimum Gasteiger partial charge on any atom is -0.457 e. The first-order valence-electron chi connectivity index (χ1n) is 11.1. The summed E-state index contributed by atoms with van der Waals surface area (Å²) < 4.78 is 47.2. The first-order valence-corrected chi connectivity index (χ1v) is 11.1. The Labute approximate surface area is 203 Å². The van der Waals surface area contributed by atoms with E-state index in [0.717, 1.165) is 17.2 Å². The molecule has 6 nitrogen and oxygen atoms in total. The topological polar surface area (TPSA) is 84.1 Å². The fraction of sp³-hybridized carbons (Fsp3) is 0.148. The summed E-state index contributed by atoms with van der Waals surface area (Å²) in [5.41, 5.74) is 0.270. The summed E-state index contributed by atoms with van der Waals surface area (Å²) >= 11 is 0. The van der Waals surface area contributed by atoms with Gasteiger partial charge in [0.05, 0.1) is 6.04 Å². The number of amides is 1. The molecule has 2 aromatic heterocycles. The van der Waals surface area contributed by atoms with Crippen molar-refractivity contribution in [3.05, 3.63) is 111 Å². The maximum atomic E-state index is 13.7. The average Bonchev–Trinajstić information content (AvgIpc) is 2.83. The molecule has 1 aliphatic rings. The second-order valence-electron chi connectivity index (χ2n) is 8.63. The van der Waals surface area contributed by atoms with Crippen molar-refractivity contribution in [1.29, 1.82) is 0 Å². The molecule has 0 spiro atoms. The van der Waals surface area contributed by atoms with Crippen molar-refractivity contribution >= 4 is 5.91 Å². The molecule has 0 fully saturated rings. The number of alkyl halides is 3. The van der Waals surface area contributed by atoms with Gasteiger partial charge in [-0.15, -0.1) is 0 Å². The number of aromatic nitrogens is 2. The molecule has 9 heteroatoms. The lowest BCUT2D eigenvalue weighted by Gasteiger charge is -2.29. The number of halogens is 3. The van der Waals surface area contributed by atoms with Gasteiger partial charge in [0.25, 0.3) is 11.5 Å². The highest BCUT2D eigenvalue weighted by molar-refractivity contribution is 5.96. The van der Waals surface area contributed by atoms with Crippen LogP contribution in [0.5, 0.6) is 11.5 Å². The summed E-state index contributed by atoms with van der Waals surface area (Å²) in [6.07, 6.45) is -2.17. The molecule has 0 atom stereocenters. The maximum Gasteiger partial charge on any atom is 0.431 e. The molecule has 1 amide bonds. The fourth-order valence-electron chi connectivity index (χ4n) is 4.27. The van der Waals surface area contributed by atoms with Crippen molar-refractivity contribution < 1.29 is 22.7 Å². The fourth-order valence-corrected chi connectivity index (χ4v) is 4.27. The van der Waals surface area contributed by atoms with Gasteiger partial charge in [0.1, 0.15) is 22.8 Å². The molecule has 0 saturated carbocycles. The SMILES string of the molecule is Cc1ccc2c(c1)Oc1cc(C)ccc1C2NC(=O)c1cc(-c2ccncc2)c(C(F)(F)F)[nH]c1=O. The van der Waals surface area contributed by atoms with Crippen LogP contribution in [0.2, 0.25) is 0 Å². The monoisotopic (exact) mass is 491 g/mol. The number of hydrogen-bond acceptors (Lipinski definition) is 4. The number of hydrogen-bond donors (Lipinski definition) is 2. The van der Waals surface area contributed by atoms with Crippen LogP contribution in [0.25, 0.3) is 11.1 Å². The Balaban J connectivity index is 1.60. The third kappa shape index (κ3) is 4.24. The standard InChI is InChI=1S/C27H20F3N3O3/c1-14-3-5-17-21(11-14)36-22-12-15(2)4-6-18(22)23(17)32-25(34)20-13-19(16-7-9-31-10-8-16)24(27(28,29)30)33-26(20)35/h3-13,23H,1-2H3,(H,32,34)(H,33,35). The first kappa shape index (κ1) is 23.3. The van der Waals surface area contributed by atoms with Gasteiger partial charge in [-0.3, -0.25) is 14.6 Å². The van der Waals surface area contributed by atoms with Gasteiger partial charge in [0, 0.05) is 29.1 Å². The third-order valence-corrected chi connectivity index (χ3v) is 6.02. The van der Waals surface area contributed by atoms with Crippen molar-refractivity contribution in [3.8, 4) is 22.6 Å². The quantitative estimate of drug-likeness (QED) is 0.385. The molecular formula is C27H20F3N3O3. The molecule has 0 aliphatic carbocycles. The number of rotatable bonds is 3. The van der Waals surface area contributed by atoms with Crippen LogP contribution in [0.15, 0.2) is 71.8 Å². The van der Waals surface area contributed by atoms with Crippen molar-refractivity contribution in [3.63, 3.8) is 0 Å². The normalized spacial score (nSPS) is 12.9. The van der Waals surface area contributed by atoms with Gasteiger partial charge >= 0.3 is 6.18 Å². The van der Waals surface area contributed by atoms with Crippen molar-refractivity contribution in [2.45, 2.75) is 26.1 Å². The van der Waals surface area contributed by atoms with E-state index in [9.17, 15) is 22.8 Å². The van der Waals surface area contributed by atoms with Crippen molar-refractivity contribution in [1.82, 2.24) is 15.3 Å². The van der Waals surface area contributed by atoms with Crippen molar-refractivity contribution in [2.24, 2.45) is 0 Å². The molecule has 182 valence electrons. The second-order valence-corrected chi connectivity index (χ2v) is 8.63. The van der Waals surface area contributed by atoms with E-state index in [1.54, 1.807) is 0 Å². The number of nitrogens with zero attached hydrogens (tertiary/aromatic N) is 1. The number of pyridine rings is 2. The van der Waals surface area contributed by atoms with Gasteiger partial charge in [0.2, 0.25) is 0 Å². The Morgan fingerprint density at radius 3 is 2.08 bits per heavy atom. The molecule has 4 aromatic rings. The number of aromatic amines is 1. The van der Waals surface area contributed by atoms with Gasteiger partial charge < -0.3 is 15.0 Å². The van der Waals surface area contributed by atoms with E-state index in [0.29, 0.717) is 22.6 Å². The number of carbonyl (C=O) groups is 1. The number of aryl methyl sites for hydroxylation is 2. The Kier molecular flexibility index (Phi) is 5.62. The summed E-state index contributed by atoms with van der Waals surface area (Å²) in [4.78, 5) is 31.7. The minimum atomic E-state index is -4.83. The lowest BCUT2D eigenvalue weighted by atomic mass is 9.92. The smallest absolute Gasteiger partial charge is 0.431 e. The lowest BCUT2D eigenvalue weighted by Crippen LogP contribution is -2.35. The van der Waals surface area contributed by atoms with E-state index in [1.807, 2.05) is 55.2 Å². The molecule has 36 heavy (non-hydrogen) atoms. The van der Waals surface area contributed by atoms with Crippen LogP contribution in [0.1, 0.15) is 44.3 Å². The highest BCUT2D eigenvalue weighted by Gasteiger charge is 2.37. The highest BCUT2D eigenvalue weighted by atomic mass is 19.4. The minimum absolute atomic E-state index is 0.162. The van der Waals surface area contributed by atoms with Crippen LogP contribution in [0.3, 0.4) is 0 Å². The van der Waals surface area contributed by atoms with E-state index < -0.39 is 34.9 Å². The summed E-state index contributed by atoms with van der Waals surface area (Å²) in [7, 11) is 0. The predicted octanol–water partition coefficient (Wildman–Crippen LogP) is 5.70. The predicted molar refractivity (Wildman–Crippen MR) is 127 cm³/mol. The molecule has 0 radical (unpaired) electrons. The van der Waals surface area contributed by atoms with Crippen molar-refractivity contribution in [2.75, 3.05) is 0 Å². The Bertz CT molecular complexity index is 1490. The molecule has 0 unspecified atom stereocenters. The zero-order valence-electron chi connectivity index (χ0n) is 19.2. The molecule has 2 N–H and O–H groups in total. The van der Waals surface area contributed by atoms with Gasteiger partial charge in [-0.2, -0.15) is 13.2 Å². The van der Waals surface area contributed by atoms with Crippen LogP contribution in [0.4, 0.5) is 13.2 Å². The van der Waals surface area contributed by atoms with E-state index in [4.69, 9.17) is 4.74 Å². The summed E-state index contributed by atoms with van der Waals surface area (Å²) in [5.74, 6) is 0.291. The molecule has 3 heterocycles. The van der Waals surface area contributed by atoms with Crippen LogP contribution in [-0.2, 0) is 6.18 Å². The molecule has 0 saturated heterocycles. The van der Waals surface area contributed by atoms with Gasteiger partial charge in [0.15, 0.2) is 0 Å². The van der Waals surface area contributed by atoms with Crippen LogP contribution >= 0.6 is 0 Å². The number of fused-ring (bicyclic) bond motifs is 2. The average molecular weight is 491 g/mol. The third-order valence-electron chi connectivity index (χ3n) is 6.02. The molecule has 0 bridgehead atoms. The summed E-state index contributed by atoms with van der Waals surface area (Å²) in [5, 5.41) is 2.83. The van der Waals surface area contributed by atoms with E-state index in [-0.39, 0.29) is 11.1 Å². The largest absolute Gasteiger partial charge is 0.457 e. The Hall–Kier alpha value is -4.40. The number of benzene rings is 2. The van der Waals surface area contributed by atoms with Gasteiger partial charge in [-0.1, -0.05) is 24.3 Å². The van der Waals surface area contributed by atoms with Crippen LogP contribution in [-0.4, -0.2) is 15.9 Å². The molecule has 1 aliphatic heterocycles. The van der Waals surface area contributed by atoms with E-state index >= 15 is 0 Å². The van der Waals surface area contributed by atoms with Crippen LogP contribution < -0.4 is 15.6 Å². The van der Waals surface area contributed by atoms with E-state index in [1.165, 1.54) is 24.5 Å². The summed E-state index contributed by atoms with van der Waals surface area (Å²) in [6.45, 7) is 3.82. The zero-order valence-corrected chi connectivity index (χ0v) is 19.2. The number of carbonyl (C=O) groups excluding carboxylic acids is 1. The van der Waals surface area contributed by atoms with Crippen LogP contribution in [0, 0.1) is 13.8 Å². The first-order chi connectivity index (χ1) is 17.1. The van der Waals surface area contributed by atoms with Gasteiger partial charge in [-0.05, 0) is 60.9 Å². The zero-order chi connectivity index (χ0) is 25.6. The maximum absolute atomic E-state index is 13.7. The Morgan fingerprint density at radius 1 is 0.944 bits per heavy atom. The summed E-state index contributed by atoms with van der Waals surface area (Å²) in [6, 6.07) is 14.1. The molecule has 5 rings (SSSR count). The molecule has 2 aromatic carbocycles. The second kappa shape index (κ2) is 8.67. The number of ether oxygens (including phenoxy) is 1. The number of nitrogens with one attached hydrogen (secondary N) is 2. The lowest BCUT2D eigenvalue weighted by molar-refractivity contribution is -0.140. The number of H-pyrrole nitrogens is 1. The van der Waals surface area contributed by atoms with Gasteiger partial charge in [-0.25, -0.2) is 0 Å².